The molecule has 0 saturated carbocycles. The van der Waals surface area contributed by atoms with Crippen LogP contribution < -0.4 is 15.2 Å². The van der Waals surface area contributed by atoms with Crippen molar-refractivity contribution in [1.29, 1.82) is 0 Å². The number of carbonyl (C=O) groups is 1. The fourth-order valence-electron chi connectivity index (χ4n) is 3.67. The molecule has 1 amide bonds. The van der Waals surface area contributed by atoms with Gasteiger partial charge < -0.3 is 15.2 Å². The maximum Gasteiger partial charge on any atom is 0.266 e. The molecule has 0 aromatic heterocycles. The van der Waals surface area contributed by atoms with Crippen molar-refractivity contribution in [2.24, 2.45) is 10.7 Å². The van der Waals surface area contributed by atoms with Crippen LogP contribution in [0.2, 0.25) is 0 Å². The lowest BCUT2D eigenvalue weighted by Gasteiger charge is -2.26. The Morgan fingerprint density at radius 1 is 0.933 bits per heavy atom. The van der Waals surface area contributed by atoms with Crippen molar-refractivity contribution in [3.63, 3.8) is 0 Å². The molecule has 3 aromatic rings. The third-order valence-corrected chi connectivity index (χ3v) is 5.36. The van der Waals surface area contributed by atoms with Crippen LogP contribution in [0.1, 0.15) is 11.1 Å². The molecule has 30 heavy (non-hydrogen) atoms. The molecule has 0 fully saturated rings. The minimum Gasteiger partial charge on any atom is -0.497 e. The maximum atomic E-state index is 13.4. The molecule has 1 radical (unpaired) electrons. The molecule has 0 saturated heterocycles. The summed E-state index contributed by atoms with van der Waals surface area (Å²) in [4.78, 5) is 19.4. The van der Waals surface area contributed by atoms with Gasteiger partial charge in [0.05, 0.1) is 14.2 Å². The smallest absolute Gasteiger partial charge is 0.266 e. The van der Waals surface area contributed by atoms with Gasteiger partial charge >= 0.3 is 0 Å². The number of benzene rings is 3. The maximum absolute atomic E-state index is 13.4. The highest BCUT2D eigenvalue weighted by atomic mass is 16.5. The van der Waals surface area contributed by atoms with Gasteiger partial charge in [-0.1, -0.05) is 30.3 Å². The first-order chi connectivity index (χ1) is 14.5. The Balaban J connectivity index is 1.89. The quantitative estimate of drug-likeness (QED) is 0.714. The monoisotopic (exact) mass is 400 g/mol. The number of likely N-dealkylation sites (N-methyl/N-ethyl adjacent to an activating group) is 1. The highest BCUT2D eigenvalue weighted by molar-refractivity contribution is 6.09. The first-order valence-electron chi connectivity index (χ1n) is 9.43. The second-order valence-electron chi connectivity index (χ2n) is 7.02. The highest BCUT2D eigenvalue weighted by Crippen LogP contribution is 2.41. The van der Waals surface area contributed by atoms with Crippen molar-refractivity contribution in [2.45, 2.75) is 5.54 Å². The third-order valence-electron chi connectivity index (χ3n) is 5.36. The van der Waals surface area contributed by atoms with Gasteiger partial charge in [0.15, 0.2) is 11.5 Å². The van der Waals surface area contributed by atoms with E-state index in [2.05, 4.69) is 11.1 Å². The predicted molar refractivity (Wildman–Crippen MR) is 115 cm³/mol. The first kappa shape index (κ1) is 19.5. The summed E-state index contributed by atoms with van der Waals surface area (Å²) in [5.41, 5.74) is 8.11. The fourth-order valence-corrected chi connectivity index (χ4v) is 3.67. The summed E-state index contributed by atoms with van der Waals surface area (Å²) in [7, 11) is 4.85. The second kappa shape index (κ2) is 7.55. The van der Waals surface area contributed by atoms with Gasteiger partial charge in [-0.05, 0) is 64.7 Å². The Kier molecular flexibility index (Phi) is 4.91. The molecule has 6 heteroatoms. The van der Waals surface area contributed by atoms with E-state index in [4.69, 9.17) is 15.2 Å². The molecule has 1 heterocycles. The number of methoxy groups -OCH3 is 2. The molecule has 1 atom stereocenters. The minimum atomic E-state index is -1.26. The van der Waals surface area contributed by atoms with E-state index < -0.39 is 5.54 Å². The molecule has 6 nitrogen and oxygen atoms in total. The number of guanidine groups is 1. The second-order valence-corrected chi connectivity index (χ2v) is 7.02. The number of ether oxygens (including phenoxy) is 2. The summed E-state index contributed by atoms with van der Waals surface area (Å²) < 4.78 is 10.6. The lowest BCUT2D eigenvalue weighted by molar-refractivity contribution is -0.129. The number of carbonyl (C=O) groups excluding carboxylic acids is 1. The number of aliphatic imine (C=N–C) groups is 1. The zero-order valence-corrected chi connectivity index (χ0v) is 17.0. The van der Waals surface area contributed by atoms with E-state index in [0.29, 0.717) is 11.5 Å². The zero-order chi connectivity index (χ0) is 21.3. The van der Waals surface area contributed by atoms with Crippen molar-refractivity contribution in [1.82, 2.24) is 4.90 Å². The van der Waals surface area contributed by atoms with E-state index in [9.17, 15) is 4.79 Å². The topological polar surface area (TPSA) is 77.2 Å². The van der Waals surface area contributed by atoms with Gasteiger partial charge in [-0.3, -0.25) is 9.69 Å². The summed E-state index contributed by atoms with van der Waals surface area (Å²) in [5, 5.41) is 0. The largest absolute Gasteiger partial charge is 0.497 e. The Hall–Kier alpha value is -3.80. The summed E-state index contributed by atoms with van der Waals surface area (Å²) in [5.74, 6) is 1.38. The molecule has 1 aliphatic rings. The third kappa shape index (κ3) is 3.06. The number of nitrogens with two attached hydrogens (primary N) is 1. The van der Waals surface area contributed by atoms with Gasteiger partial charge in [0.2, 0.25) is 0 Å². The number of hydrogen-bond acceptors (Lipinski definition) is 5. The van der Waals surface area contributed by atoms with Gasteiger partial charge in [-0.15, -0.1) is 0 Å². The van der Waals surface area contributed by atoms with Crippen molar-refractivity contribution < 1.29 is 14.3 Å². The zero-order valence-electron chi connectivity index (χ0n) is 17.0. The van der Waals surface area contributed by atoms with Crippen molar-refractivity contribution in [2.75, 3.05) is 21.3 Å². The molecule has 1 unspecified atom stereocenters. The van der Waals surface area contributed by atoms with Crippen LogP contribution in [0.4, 0.5) is 0 Å². The highest BCUT2D eigenvalue weighted by Gasteiger charge is 2.49. The summed E-state index contributed by atoms with van der Waals surface area (Å²) in [6, 6.07) is 23.7. The van der Waals surface area contributed by atoms with E-state index in [1.807, 2.05) is 60.7 Å². The van der Waals surface area contributed by atoms with Crippen LogP contribution in [0.25, 0.3) is 11.1 Å². The Morgan fingerprint density at radius 3 is 2.30 bits per heavy atom. The van der Waals surface area contributed by atoms with Crippen molar-refractivity contribution in [3.05, 3.63) is 83.9 Å². The van der Waals surface area contributed by atoms with Crippen LogP contribution in [0.3, 0.4) is 0 Å². The van der Waals surface area contributed by atoms with E-state index in [1.54, 1.807) is 27.3 Å². The van der Waals surface area contributed by atoms with Crippen LogP contribution >= 0.6 is 0 Å². The van der Waals surface area contributed by atoms with E-state index in [1.165, 1.54) is 4.90 Å². The number of nitrogens with zero attached hydrogens (tertiary/aromatic N) is 2. The number of rotatable bonds is 5. The van der Waals surface area contributed by atoms with E-state index >= 15 is 0 Å². The Morgan fingerprint density at radius 2 is 1.67 bits per heavy atom. The lowest BCUT2D eigenvalue weighted by Crippen LogP contribution is -2.41. The summed E-state index contributed by atoms with van der Waals surface area (Å²) in [6.07, 6.45) is 0. The van der Waals surface area contributed by atoms with E-state index in [-0.39, 0.29) is 11.9 Å². The molecule has 0 spiro atoms. The molecule has 151 valence electrons. The van der Waals surface area contributed by atoms with Crippen LogP contribution in [-0.4, -0.2) is 38.0 Å². The van der Waals surface area contributed by atoms with E-state index in [0.717, 1.165) is 22.3 Å². The number of hydrogen-bond donors (Lipinski definition) is 1. The van der Waals surface area contributed by atoms with Crippen LogP contribution in [0.15, 0.2) is 71.7 Å². The standard InChI is InChI=1S/C24H22N3O3/c1-27-22(28)24(26-23(27)25,18-10-12-20(29-2)13-11-18)19-8-4-6-16(14-19)17-7-5-9-21(15-17)30-3/h4,6-15H,1-3H3,(H2,25,26). The predicted octanol–water partition coefficient (Wildman–Crippen LogP) is 3.20. The summed E-state index contributed by atoms with van der Waals surface area (Å²) in [6.45, 7) is 0. The lowest BCUT2D eigenvalue weighted by atomic mass is 9.81. The average Bonchev–Trinajstić information content (AvgIpc) is 3.04. The first-order valence-corrected chi connectivity index (χ1v) is 9.43. The fraction of sp³-hybridized carbons (Fsp3) is 0.167. The SMILES string of the molecule is COc1ccc(C2(c3cccc(-c4c[c]cc(OC)c4)c3)N=C(N)N(C)C2=O)cc1. The van der Waals surface area contributed by atoms with Crippen molar-refractivity contribution >= 4 is 11.9 Å². The molecule has 2 N–H and O–H groups in total. The molecule has 0 aliphatic carbocycles. The van der Waals surface area contributed by atoms with Crippen molar-refractivity contribution in [3.8, 4) is 22.6 Å². The Bertz CT molecular complexity index is 1120. The molecule has 0 bridgehead atoms. The van der Waals surface area contributed by atoms with Crippen LogP contribution in [0.5, 0.6) is 11.5 Å². The molecular weight excluding hydrogens is 378 g/mol. The van der Waals surface area contributed by atoms with Crippen LogP contribution in [0, 0.1) is 6.07 Å². The van der Waals surface area contributed by atoms with Gasteiger partial charge in [0.25, 0.3) is 5.91 Å². The van der Waals surface area contributed by atoms with Gasteiger partial charge in [-0.2, -0.15) is 0 Å². The normalized spacial score (nSPS) is 18.3. The number of amides is 1. The molecule has 4 rings (SSSR count). The average molecular weight is 400 g/mol. The molecule has 1 aliphatic heterocycles. The molecular formula is C24H22N3O3. The van der Waals surface area contributed by atoms with Gasteiger partial charge in [0.1, 0.15) is 11.5 Å². The Labute approximate surface area is 175 Å². The van der Waals surface area contributed by atoms with Gasteiger partial charge in [0, 0.05) is 7.05 Å². The van der Waals surface area contributed by atoms with Crippen LogP contribution in [-0.2, 0) is 10.3 Å². The minimum absolute atomic E-state index is 0.177. The molecule has 3 aromatic carbocycles. The summed E-state index contributed by atoms with van der Waals surface area (Å²) >= 11 is 0. The van der Waals surface area contributed by atoms with Gasteiger partial charge in [-0.25, -0.2) is 4.99 Å².